The average molecular weight is 429 g/mol. The predicted octanol–water partition coefficient (Wildman–Crippen LogP) is 4.81. The first-order valence-corrected chi connectivity index (χ1v) is 10.8. The number of piperidine rings is 2. The standard InChI is InChI=1S/C21H30Cl2N2O3/c1-21(2,3)28-20(26)15-6-10-24(11-7-15)25-12-8-16(9-13-25)27-17-4-5-18(22)19(23)14-17/h4-5,14-16H,6-13H2,1-3H3. The largest absolute Gasteiger partial charge is 0.490 e. The maximum absolute atomic E-state index is 12.3. The Hall–Kier alpha value is -1.01. The van der Waals surface area contributed by atoms with E-state index in [0.717, 1.165) is 57.6 Å². The lowest BCUT2D eigenvalue weighted by atomic mass is 9.97. The molecular formula is C21H30Cl2N2O3. The van der Waals surface area contributed by atoms with Crippen LogP contribution in [-0.4, -0.2) is 53.9 Å². The number of hydrazine groups is 1. The normalized spacial score (nSPS) is 20.9. The van der Waals surface area contributed by atoms with Gasteiger partial charge in [0, 0.05) is 32.2 Å². The van der Waals surface area contributed by atoms with E-state index in [0.29, 0.717) is 10.0 Å². The summed E-state index contributed by atoms with van der Waals surface area (Å²) in [7, 11) is 0. The van der Waals surface area contributed by atoms with E-state index in [-0.39, 0.29) is 18.0 Å². The third-order valence-corrected chi connectivity index (χ3v) is 5.96. The minimum absolute atomic E-state index is 0.0194. The van der Waals surface area contributed by atoms with Crippen LogP contribution in [0.2, 0.25) is 10.0 Å². The van der Waals surface area contributed by atoms with Gasteiger partial charge in [0.2, 0.25) is 0 Å². The quantitative estimate of drug-likeness (QED) is 0.643. The van der Waals surface area contributed by atoms with Gasteiger partial charge in [0.05, 0.1) is 16.0 Å². The van der Waals surface area contributed by atoms with E-state index < -0.39 is 5.60 Å². The first kappa shape index (κ1) is 21.7. The monoisotopic (exact) mass is 428 g/mol. The Morgan fingerprint density at radius 3 is 2.07 bits per heavy atom. The van der Waals surface area contributed by atoms with Crippen molar-refractivity contribution in [3.8, 4) is 5.75 Å². The van der Waals surface area contributed by atoms with Crippen molar-refractivity contribution in [3.05, 3.63) is 28.2 Å². The van der Waals surface area contributed by atoms with Crippen LogP contribution in [0, 0.1) is 5.92 Å². The van der Waals surface area contributed by atoms with Gasteiger partial charge in [-0.25, -0.2) is 10.0 Å². The van der Waals surface area contributed by atoms with E-state index in [9.17, 15) is 4.79 Å². The summed E-state index contributed by atoms with van der Waals surface area (Å²) in [6.45, 7) is 9.50. The van der Waals surface area contributed by atoms with Gasteiger partial charge in [-0.15, -0.1) is 0 Å². The number of nitrogens with zero attached hydrogens (tertiary/aromatic N) is 2. The number of rotatable bonds is 4. The molecule has 0 N–H and O–H groups in total. The van der Waals surface area contributed by atoms with Crippen LogP contribution in [0.5, 0.6) is 5.75 Å². The average Bonchev–Trinajstić information content (AvgIpc) is 2.64. The molecule has 0 amide bonds. The van der Waals surface area contributed by atoms with Crippen LogP contribution in [-0.2, 0) is 9.53 Å². The van der Waals surface area contributed by atoms with Gasteiger partial charge in [-0.2, -0.15) is 0 Å². The van der Waals surface area contributed by atoms with Crippen LogP contribution in [0.4, 0.5) is 0 Å². The molecular weight excluding hydrogens is 399 g/mol. The summed E-state index contributed by atoms with van der Waals surface area (Å²) in [5.74, 6) is 0.734. The Morgan fingerprint density at radius 1 is 0.964 bits per heavy atom. The molecule has 0 spiro atoms. The minimum atomic E-state index is -0.412. The van der Waals surface area contributed by atoms with Gasteiger partial charge < -0.3 is 9.47 Å². The smallest absolute Gasteiger partial charge is 0.309 e. The van der Waals surface area contributed by atoms with Gasteiger partial charge >= 0.3 is 5.97 Å². The van der Waals surface area contributed by atoms with Crippen LogP contribution in [0.15, 0.2) is 18.2 Å². The molecule has 28 heavy (non-hydrogen) atoms. The van der Waals surface area contributed by atoms with Gasteiger partial charge in [0.25, 0.3) is 0 Å². The van der Waals surface area contributed by atoms with Gasteiger partial charge in [-0.1, -0.05) is 23.2 Å². The molecule has 0 atom stereocenters. The first-order chi connectivity index (χ1) is 13.2. The molecule has 3 rings (SSSR count). The van der Waals surface area contributed by atoms with Crippen LogP contribution >= 0.6 is 23.2 Å². The summed E-state index contributed by atoms with van der Waals surface area (Å²) in [4.78, 5) is 12.3. The van der Waals surface area contributed by atoms with E-state index in [1.165, 1.54) is 0 Å². The lowest BCUT2D eigenvalue weighted by Gasteiger charge is -2.42. The zero-order chi connectivity index (χ0) is 20.3. The number of halogens is 2. The highest BCUT2D eigenvalue weighted by atomic mass is 35.5. The highest BCUT2D eigenvalue weighted by Crippen LogP contribution is 2.29. The topological polar surface area (TPSA) is 42.0 Å². The molecule has 2 aliphatic rings. The second-order valence-corrected chi connectivity index (χ2v) is 9.42. The number of esters is 1. The molecule has 0 bridgehead atoms. The summed E-state index contributed by atoms with van der Waals surface area (Å²) >= 11 is 12.0. The van der Waals surface area contributed by atoms with Gasteiger partial charge in [-0.05, 0) is 58.6 Å². The summed E-state index contributed by atoms with van der Waals surface area (Å²) < 4.78 is 11.6. The molecule has 2 heterocycles. The van der Waals surface area contributed by atoms with Crippen LogP contribution < -0.4 is 4.74 Å². The van der Waals surface area contributed by atoms with Crippen LogP contribution in [0.3, 0.4) is 0 Å². The number of ether oxygens (including phenoxy) is 2. The second kappa shape index (κ2) is 9.21. The summed E-state index contributed by atoms with van der Waals surface area (Å²) in [6.07, 6.45) is 3.83. The Balaban J connectivity index is 1.42. The maximum atomic E-state index is 12.3. The molecule has 156 valence electrons. The fourth-order valence-electron chi connectivity index (χ4n) is 3.75. The van der Waals surface area contributed by atoms with E-state index in [2.05, 4.69) is 10.0 Å². The van der Waals surface area contributed by atoms with Crippen molar-refractivity contribution in [1.82, 2.24) is 10.0 Å². The lowest BCUT2D eigenvalue weighted by molar-refractivity contribution is -0.164. The van der Waals surface area contributed by atoms with Crippen molar-refractivity contribution in [3.63, 3.8) is 0 Å². The van der Waals surface area contributed by atoms with Crippen molar-refractivity contribution >= 4 is 29.2 Å². The predicted molar refractivity (Wildman–Crippen MR) is 112 cm³/mol. The molecule has 1 aromatic carbocycles. The van der Waals surface area contributed by atoms with Crippen molar-refractivity contribution in [2.24, 2.45) is 5.92 Å². The summed E-state index contributed by atoms with van der Waals surface area (Å²) in [5, 5.41) is 5.85. The van der Waals surface area contributed by atoms with E-state index >= 15 is 0 Å². The van der Waals surface area contributed by atoms with Gasteiger partial charge in [0.1, 0.15) is 17.5 Å². The second-order valence-electron chi connectivity index (χ2n) is 8.61. The Kier molecular flexibility index (Phi) is 7.13. The molecule has 7 heteroatoms. The van der Waals surface area contributed by atoms with Crippen molar-refractivity contribution < 1.29 is 14.3 Å². The Bertz CT molecular complexity index is 677. The zero-order valence-electron chi connectivity index (χ0n) is 16.9. The molecule has 0 radical (unpaired) electrons. The molecule has 5 nitrogen and oxygen atoms in total. The van der Waals surface area contributed by atoms with Crippen LogP contribution in [0.25, 0.3) is 0 Å². The number of hydrogen-bond acceptors (Lipinski definition) is 5. The molecule has 2 saturated heterocycles. The maximum Gasteiger partial charge on any atom is 0.309 e. The SMILES string of the molecule is CC(C)(C)OC(=O)C1CCN(N2CCC(Oc3ccc(Cl)c(Cl)c3)CC2)CC1. The van der Waals surface area contributed by atoms with Crippen LogP contribution in [0.1, 0.15) is 46.5 Å². The van der Waals surface area contributed by atoms with Crippen molar-refractivity contribution in [1.29, 1.82) is 0 Å². The van der Waals surface area contributed by atoms with Gasteiger partial charge in [0.15, 0.2) is 0 Å². The number of hydrogen-bond donors (Lipinski definition) is 0. The molecule has 0 aromatic heterocycles. The van der Waals surface area contributed by atoms with Gasteiger partial charge in [-0.3, -0.25) is 4.79 Å². The number of carbonyl (C=O) groups is 1. The third-order valence-electron chi connectivity index (χ3n) is 5.22. The Labute approximate surface area is 177 Å². The fourth-order valence-corrected chi connectivity index (χ4v) is 4.04. The Morgan fingerprint density at radius 2 is 1.54 bits per heavy atom. The molecule has 0 unspecified atom stereocenters. The van der Waals surface area contributed by atoms with E-state index in [1.54, 1.807) is 12.1 Å². The minimum Gasteiger partial charge on any atom is -0.490 e. The summed E-state index contributed by atoms with van der Waals surface area (Å²) in [5.41, 5.74) is -0.412. The van der Waals surface area contributed by atoms with Crippen molar-refractivity contribution in [2.75, 3.05) is 26.2 Å². The molecule has 0 saturated carbocycles. The summed E-state index contributed by atoms with van der Waals surface area (Å²) in [6, 6.07) is 5.41. The van der Waals surface area contributed by atoms with E-state index in [1.807, 2.05) is 26.8 Å². The molecule has 2 aliphatic heterocycles. The fraction of sp³-hybridized carbons (Fsp3) is 0.667. The number of benzene rings is 1. The highest BCUT2D eigenvalue weighted by Gasteiger charge is 2.32. The van der Waals surface area contributed by atoms with E-state index in [4.69, 9.17) is 32.7 Å². The lowest BCUT2D eigenvalue weighted by Crippen LogP contribution is -2.52. The third kappa shape index (κ3) is 5.99. The molecule has 1 aromatic rings. The molecule has 0 aliphatic carbocycles. The highest BCUT2D eigenvalue weighted by molar-refractivity contribution is 6.42. The zero-order valence-corrected chi connectivity index (χ0v) is 18.4. The van der Waals surface area contributed by atoms with Crippen molar-refractivity contribution in [2.45, 2.75) is 58.2 Å². The first-order valence-electron chi connectivity index (χ1n) is 10.1. The number of carbonyl (C=O) groups excluding carboxylic acids is 1. The molecule has 2 fully saturated rings.